The van der Waals surface area contributed by atoms with Gasteiger partial charge in [0.05, 0.1) is 36.6 Å². The van der Waals surface area contributed by atoms with E-state index in [0.717, 1.165) is 0 Å². The predicted octanol–water partition coefficient (Wildman–Crippen LogP) is -9.91. The second-order valence-electron chi connectivity index (χ2n) is 16.8. The number of methoxy groups -OCH3 is 1. The molecule has 0 radical (unpaired) electrons. The van der Waals surface area contributed by atoms with Gasteiger partial charge in [-0.05, 0) is 0 Å². The van der Waals surface area contributed by atoms with Crippen molar-refractivity contribution in [2.45, 2.75) is 178 Å². The minimum Gasteiger partial charge on any atom is -0.391 e. The number of aliphatic hydroxyl groups is 17. The van der Waals surface area contributed by atoms with Crippen molar-refractivity contribution >= 4 is 75.8 Å². The molecule has 23 unspecified atom stereocenters. The third-order valence-corrected chi connectivity index (χ3v) is 14.4. The lowest BCUT2D eigenvalue weighted by molar-refractivity contribution is -0.379. The highest BCUT2D eigenvalue weighted by Gasteiger charge is 2.58. The van der Waals surface area contributed by atoms with Gasteiger partial charge in [0.15, 0.2) is 31.5 Å². The molecule has 414 valence electrons. The molecule has 29 atom stereocenters. The summed E-state index contributed by atoms with van der Waals surface area (Å²) in [6, 6.07) is 0. The van der Waals surface area contributed by atoms with Crippen LogP contribution in [-0.2, 0) is 47.4 Å². The molecule has 0 aliphatic carbocycles. The van der Waals surface area contributed by atoms with Gasteiger partial charge in [-0.1, -0.05) is 0 Å². The van der Waals surface area contributed by atoms with Crippen LogP contribution in [0.5, 0.6) is 0 Å². The maximum absolute atomic E-state index is 10.3. The van der Waals surface area contributed by atoms with Gasteiger partial charge < -0.3 is 134 Å². The predicted molar refractivity (Wildman–Crippen MR) is 251 cm³/mol. The number of hydrogen-bond acceptors (Lipinski definition) is 33. The molecule has 0 saturated carbocycles. The molecule has 6 aliphatic heterocycles. The molecule has 6 aliphatic rings. The van der Waals surface area contributed by atoms with Crippen molar-refractivity contribution < 1.29 is 134 Å². The van der Waals surface area contributed by atoms with Gasteiger partial charge in [0.2, 0.25) is 5.79 Å². The van der Waals surface area contributed by atoms with Gasteiger partial charge in [0, 0.05) is 41.6 Å². The van der Waals surface area contributed by atoms with Crippen LogP contribution < -0.4 is 0 Å². The van der Waals surface area contributed by atoms with Gasteiger partial charge in [-0.2, -0.15) is 75.8 Å². The SMILES string of the molecule is CO[C@@H]1OC(CS)[C@@H](O[C@@H]2OC(CS)[C@H](O)C(O)[C@@H]2O)C(O)[C@@H]1O.OC1C(CS)OC(OC2OC(CS)C(O)C(O)C2O)C(O)C1O.OCC1(OC2OC(CS)C(O)C(O)C2O)OC(CS)C(O)C1O. The molecule has 6 rings (SSSR count). The van der Waals surface area contributed by atoms with Crippen molar-refractivity contribution in [1.29, 1.82) is 0 Å². The average Bonchev–Trinajstić information content (AvgIpc) is 3.60. The molecule has 17 N–H and O–H groups in total. The van der Waals surface area contributed by atoms with E-state index in [1.165, 1.54) is 7.11 Å². The van der Waals surface area contributed by atoms with E-state index in [1.807, 2.05) is 0 Å². The number of hydrogen-bond donors (Lipinski definition) is 23. The van der Waals surface area contributed by atoms with E-state index < -0.39 is 184 Å². The fourth-order valence-electron chi connectivity index (χ4n) is 7.87. The normalized spacial score (nSPS) is 50.9. The van der Waals surface area contributed by atoms with Crippen LogP contribution in [0.1, 0.15) is 0 Å². The third kappa shape index (κ3) is 14.2. The van der Waals surface area contributed by atoms with Gasteiger partial charge in [-0.25, -0.2) is 0 Å². The van der Waals surface area contributed by atoms with E-state index in [2.05, 4.69) is 75.8 Å². The quantitative estimate of drug-likeness (QED) is 0.0718. The Morgan fingerprint density at radius 1 is 0.357 bits per heavy atom. The molecule has 0 bridgehead atoms. The summed E-state index contributed by atoms with van der Waals surface area (Å²) in [4.78, 5) is 0. The zero-order chi connectivity index (χ0) is 52.7. The molecule has 6 saturated heterocycles. The first kappa shape index (κ1) is 63.6. The lowest BCUT2D eigenvalue weighted by Gasteiger charge is -2.46. The third-order valence-electron chi connectivity index (χ3n) is 12.2. The molecule has 70 heavy (non-hydrogen) atoms. The van der Waals surface area contributed by atoms with E-state index in [0.29, 0.717) is 0 Å². The van der Waals surface area contributed by atoms with Crippen LogP contribution in [0.3, 0.4) is 0 Å². The highest BCUT2D eigenvalue weighted by molar-refractivity contribution is 7.81. The highest BCUT2D eigenvalue weighted by Crippen LogP contribution is 2.37. The Labute approximate surface area is 433 Å². The van der Waals surface area contributed by atoms with Crippen LogP contribution in [0.15, 0.2) is 0 Å². The molecule has 0 aromatic heterocycles. The monoisotopic (exact) mass is 1140 g/mol. The standard InChI is InChI=1S/C13H24O9S2.2C12H22O9S2/c1-19-12-10(18)8(16)11(5(3-24)21-12)22-13-9(17)7(15)6(14)4(2-23)20-13;13-3-12(10(18)7(15)5(2-23)20-12)21-11-9(17)8(16)6(14)4(1-22)19-11;13-5-3(1-22)19-11(9(17)7(5)15)21-12-10(18)8(16)6(14)4(2-23)20-12/h4-18,23-24H,2-3H2,1H3;4-11,13-18,22-23H,1-3H2;3-18,22-23H,1-2H2/t4?,5?,6-,7?,8?,9-,10-,11+,12+,13-;;/m0../s1. The highest BCUT2D eigenvalue weighted by atomic mass is 32.1. The van der Waals surface area contributed by atoms with Crippen molar-refractivity contribution in [1.82, 2.24) is 0 Å². The van der Waals surface area contributed by atoms with Gasteiger partial charge in [-0.15, -0.1) is 0 Å². The maximum atomic E-state index is 10.3. The number of rotatable bonds is 14. The summed E-state index contributed by atoms with van der Waals surface area (Å²) in [5.41, 5.74) is 0. The molecule has 27 nitrogen and oxygen atoms in total. The summed E-state index contributed by atoms with van der Waals surface area (Å²) in [6.45, 7) is -0.841. The first-order valence-electron chi connectivity index (χ1n) is 21.6. The molecule has 0 amide bonds. The van der Waals surface area contributed by atoms with Crippen LogP contribution in [-0.4, -0.2) is 313 Å². The topological polar surface area (TPSA) is 436 Å². The first-order valence-corrected chi connectivity index (χ1v) is 25.4. The largest absolute Gasteiger partial charge is 0.391 e. The Morgan fingerprint density at radius 3 is 1.00 bits per heavy atom. The average molecular weight is 1140 g/mol. The van der Waals surface area contributed by atoms with Gasteiger partial charge in [0.25, 0.3) is 0 Å². The molecule has 0 spiro atoms. The molecule has 0 aromatic rings. The number of aliphatic hydroxyl groups excluding tert-OH is 17. The van der Waals surface area contributed by atoms with Crippen LogP contribution >= 0.6 is 75.8 Å². The molecule has 0 aromatic carbocycles. The first-order chi connectivity index (χ1) is 33.0. The number of ether oxygens (including phenoxy) is 10. The van der Waals surface area contributed by atoms with Crippen molar-refractivity contribution in [3.63, 3.8) is 0 Å². The molecular weight excluding hydrogens is 1070 g/mol. The number of thiol groups is 6. The van der Waals surface area contributed by atoms with E-state index in [9.17, 15) is 86.8 Å². The Hall–Kier alpha value is 1.02. The van der Waals surface area contributed by atoms with Crippen LogP contribution in [0.2, 0.25) is 0 Å². The van der Waals surface area contributed by atoms with Gasteiger partial charge >= 0.3 is 0 Å². The van der Waals surface area contributed by atoms with E-state index in [4.69, 9.17) is 47.4 Å². The van der Waals surface area contributed by atoms with E-state index in [1.54, 1.807) is 0 Å². The van der Waals surface area contributed by atoms with Crippen molar-refractivity contribution in [3.05, 3.63) is 0 Å². The second kappa shape index (κ2) is 28.6. The fourth-order valence-corrected chi connectivity index (χ4v) is 9.67. The zero-order valence-corrected chi connectivity index (χ0v) is 42.4. The smallest absolute Gasteiger partial charge is 0.223 e. The van der Waals surface area contributed by atoms with Crippen LogP contribution in [0, 0.1) is 0 Å². The minimum atomic E-state index is -2.05. The Balaban J connectivity index is 0.000000228. The molecule has 6 heterocycles. The summed E-state index contributed by atoms with van der Waals surface area (Å²) in [5, 5.41) is 168. The van der Waals surface area contributed by atoms with E-state index in [-0.39, 0.29) is 34.5 Å². The Kier molecular flexibility index (Phi) is 26.0. The van der Waals surface area contributed by atoms with Crippen LogP contribution in [0.4, 0.5) is 0 Å². The van der Waals surface area contributed by atoms with Crippen LogP contribution in [0.25, 0.3) is 0 Å². The molecular formula is C37H68O27S6. The summed E-state index contributed by atoms with van der Waals surface area (Å²) >= 11 is 24.0. The fraction of sp³-hybridized carbons (Fsp3) is 1.00. The van der Waals surface area contributed by atoms with Crippen molar-refractivity contribution in [3.8, 4) is 0 Å². The van der Waals surface area contributed by atoms with Gasteiger partial charge in [0.1, 0.15) is 110 Å². The Morgan fingerprint density at radius 2 is 0.671 bits per heavy atom. The minimum absolute atomic E-state index is 0.0300. The summed E-state index contributed by atoms with van der Waals surface area (Å²) in [5.74, 6) is -1.64. The lowest BCUT2D eigenvalue weighted by atomic mass is 9.97. The van der Waals surface area contributed by atoms with Crippen molar-refractivity contribution in [2.24, 2.45) is 0 Å². The lowest BCUT2D eigenvalue weighted by Crippen LogP contribution is -2.64. The van der Waals surface area contributed by atoms with Crippen molar-refractivity contribution in [2.75, 3.05) is 48.2 Å². The Bertz CT molecular complexity index is 1490. The van der Waals surface area contributed by atoms with E-state index >= 15 is 0 Å². The summed E-state index contributed by atoms with van der Waals surface area (Å²) in [7, 11) is 1.32. The maximum Gasteiger partial charge on any atom is 0.223 e. The van der Waals surface area contributed by atoms with Gasteiger partial charge in [-0.3, -0.25) is 0 Å². The zero-order valence-electron chi connectivity index (χ0n) is 37.0. The summed E-state index contributed by atoms with van der Waals surface area (Å²) < 4.78 is 53.3. The summed E-state index contributed by atoms with van der Waals surface area (Å²) in [6.07, 6.45) is -36.9. The molecule has 33 heteroatoms. The second-order valence-corrected chi connectivity index (χ2v) is 19.0. The molecule has 6 fully saturated rings.